The Balaban J connectivity index is 1.72. The van der Waals surface area contributed by atoms with Crippen LogP contribution in [0.3, 0.4) is 0 Å². The summed E-state index contributed by atoms with van der Waals surface area (Å²) in [6, 6.07) is 6.30. The Kier molecular flexibility index (Phi) is 4.64. The Bertz CT molecular complexity index is 604. The van der Waals surface area contributed by atoms with E-state index in [1.807, 2.05) is 4.90 Å². The second-order valence-corrected chi connectivity index (χ2v) is 6.47. The lowest BCUT2D eigenvalue weighted by Crippen LogP contribution is -2.46. The first kappa shape index (κ1) is 16.0. The van der Waals surface area contributed by atoms with Crippen molar-refractivity contribution in [3.8, 4) is 0 Å². The van der Waals surface area contributed by atoms with E-state index < -0.39 is 0 Å². The maximum absolute atomic E-state index is 13.4. The van der Waals surface area contributed by atoms with Crippen molar-refractivity contribution in [3.05, 3.63) is 30.1 Å². The summed E-state index contributed by atoms with van der Waals surface area (Å²) in [5.74, 6) is -0.687. The predicted molar refractivity (Wildman–Crippen MR) is 86.5 cm³/mol. The van der Waals surface area contributed by atoms with Crippen LogP contribution in [-0.4, -0.2) is 35.8 Å². The van der Waals surface area contributed by atoms with Crippen molar-refractivity contribution >= 4 is 17.5 Å². The quantitative estimate of drug-likeness (QED) is 0.859. The van der Waals surface area contributed by atoms with E-state index in [0.29, 0.717) is 18.3 Å². The van der Waals surface area contributed by atoms with Crippen molar-refractivity contribution in [1.29, 1.82) is 0 Å². The highest BCUT2D eigenvalue weighted by atomic mass is 19.1. The first-order valence-electron chi connectivity index (χ1n) is 8.46. The number of amides is 2. The van der Waals surface area contributed by atoms with Gasteiger partial charge in [0.05, 0.1) is 5.92 Å². The smallest absolute Gasteiger partial charge is 0.228 e. The van der Waals surface area contributed by atoms with Gasteiger partial charge in [0.25, 0.3) is 0 Å². The maximum Gasteiger partial charge on any atom is 0.228 e. The lowest BCUT2D eigenvalue weighted by atomic mass is 9.97. The Hall–Kier alpha value is -1.91. The summed E-state index contributed by atoms with van der Waals surface area (Å²) in [6.07, 6.45) is 4.44. The molecule has 4 nitrogen and oxygen atoms in total. The molecule has 0 bridgehead atoms. The third-order valence-electron chi connectivity index (χ3n) is 4.98. The number of benzene rings is 1. The molecule has 0 saturated carbocycles. The zero-order valence-electron chi connectivity index (χ0n) is 13.5. The zero-order chi connectivity index (χ0) is 16.4. The Labute approximate surface area is 136 Å². The molecule has 2 heterocycles. The molecule has 124 valence electrons. The molecule has 0 aliphatic carbocycles. The third-order valence-corrected chi connectivity index (χ3v) is 4.98. The molecule has 0 radical (unpaired) electrons. The summed E-state index contributed by atoms with van der Waals surface area (Å²) in [5, 5.41) is 0. The van der Waals surface area contributed by atoms with Crippen molar-refractivity contribution in [1.82, 2.24) is 4.90 Å². The van der Waals surface area contributed by atoms with Crippen LogP contribution < -0.4 is 4.90 Å². The molecule has 2 unspecified atom stereocenters. The van der Waals surface area contributed by atoms with Crippen molar-refractivity contribution in [3.63, 3.8) is 0 Å². The molecule has 2 saturated heterocycles. The fourth-order valence-corrected chi connectivity index (χ4v) is 3.72. The molecule has 2 aliphatic heterocycles. The molecule has 0 N–H and O–H groups in total. The fraction of sp³-hybridized carbons (Fsp3) is 0.556. The number of piperidine rings is 1. The molecular weight excluding hydrogens is 295 g/mol. The van der Waals surface area contributed by atoms with Crippen LogP contribution in [0, 0.1) is 11.7 Å². The van der Waals surface area contributed by atoms with E-state index in [-0.39, 0.29) is 30.0 Å². The highest BCUT2D eigenvalue weighted by molar-refractivity contribution is 6.00. The van der Waals surface area contributed by atoms with Gasteiger partial charge in [-0.15, -0.1) is 0 Å². The molecule has 2 amide bonds. The fourth-order valence-electron chi connectivity index (χ4n) is 3.72. The first-order valence-corrected chi connectivity index (χ1v) is 8.46. The normalized spacial score (nSPS) is 25.0. The standard InChI is InChI=1S/C18H23FN2O2/c1-2-15-7-3-4-9-20(15)18(23)13-10-17(22)21(12-13)16-8-5-6-14(19)11-16/h5-6,8,11,13,15H,2-4,7,9-10,12H2,1H3. The summed E-state index contributed by atoms with van der Waals surface area (Å²) in [6.45, 7) is 3.26. The maximum atomic E-state index is 13.4. The lowest BCUT2D eigenvalue weighted by Gasteiger charge is -2.36. The molecule has 0 spiro atoms. The van der Waals surface area contributed by atoms with E-state index in [2.05, 4.69) is 6.92 Å². The van der Waals surface area contributed by atoms with Gasteiger partial charge >= 0.3 is 0 Å². The number of carbonyl (C=O) groups is 2. The van der Waals surface area contributed by atoms with Gasteiger partial charge in [-0.2, -0.15) is 0 Å². The van der Waals surface area contributed by atoms with Crippen LogP contribution in [0.5, 0.6) is 0 Å². The summed E-state index contributed by atoms with van der Waals surface area (Å²) in [5.41, 5.74) is 0.538. The van der Waals surface area contributed by atoms with Gasteiger partial charge in [-0.25, -0.2) is 4.39 Å². The summed E-state index contributed by atoms with van der Waals surface area (Å²) < 4.78 is 13.4. The molecule has 5 heteroatoms. The minimum atomic E-state index is -0.368. The molecule has 1 aromatic rings. The Morgan fingerprint density at radius 3 is 2.91 bits per heavy atom. The Morgan fingerprint density at radius 1 is 1.35 bits per heavy atom. The molecule has 1 aromatic carbocycles. The largest absolute Gasteiger partial charge is 0.339 e. The zero-order valence-corrected chi connectivity index (χ0v) is 13.5. The van der Waals surface area contributed by atoms with Gasteiger partial charge in [0.1, 0.15) is 5.82 Å². The van der Waals surface area contributed by atoms with Crippen LogP contribution in [0.1, 0.15) is 39.0 Å². The van der Waals surface area contributed by atoms with E-state index in [9.17, 15) is 14.0 Å². The first-order chi connectivity index (χ1) is 11.1. The molecule has 2 fully saturated rings. The topological polar surface area (TPSA) is 40.6 Å². The number of halogens is 1. The molecule has 0 aromatic heterocycles. The second kappa shape index (κ2) is 6.69. The monoisotopic (exact) mass is 318 g/mol. The lowest BCUT2D eigenvalue weighted by molar-refractivity contribution is -0.139. The van der Waals surface area contributed by atoms with Gasteiger partial charge in [-0.05, 0) is 43.9 Å². The minimum Gasteiger partial charge on any atom is -0.339 e. The second-order valence-electron chi connectivity index (χ2n) is 6.47. The van der Waals surface area contributed by atoms with Crippen LogP contribution in [-0.2, 0) is 9.59 Å². The van der Waals surface area contributed by atoms with Crippen LogP contribution in [0.4, 0.5) is 10.1 Å². The highest BCUT2D eigenvalue weighted by Crippen LogP contribution is 2.29. The van der Waals surface area contributed by atoms with Gasteiger partial charge in [-0.1, -0.05) is 13.0 Å². The number of carbonyl (C=O) groups excluding carboxylic acids is 2. The van der Waals surface area contributed by atoms with E-state index in [1.165, 1.54) is 23.5 Å². The van der Waals surface area contributed by atoms with Crippen LogP contribution >= 0.6 is 0 Å². The van der Waals surface area contributed by atoms with E-state index in [4.69, 9.17) is 0 Å². The van der Waals surface area contributed by atoms with Gasteiger partial charge in [-0.3, -0.25) is 9.59 Å². The third kappa shape index (κ3) is 3.23. The molecular formula is C18H23FN2O2. The number of rotatable bonds is 3. The predicted octanol–water partition coefficient (Wildman–Crippen LogP) is 2.97. The summed E-state index contributed by atoms with van der Waals surface area (Å²) in [4.78, 5) is 28.6. The molecule has 2 aliphatic rings. The number of anilines is 1. The summed E-state index contributed by atoms with van der Waals surface area (Å²) >= 11 is 0. The van der Waals surface area contributed by atoms with Gasteiger partial charge in [0, 0.05) is 31.2 Å². The number of nitrogens with zero attached hydrogens (tertiary/aromatic N) is 2. The average molecular weight is 318 g/mol. The average Bonchev–Trinajstić information content (AvgIpc) is 2.96. The van der Waals surface area contributed by atoms with Crippen molar-refractivity contribution in [2.75, 3.05) is 18.0 Å². The van der Waals surface area contributed by atoms with Crippen molar-refractivity contribution < 1.29 is 14.0 Å². The minimum absolute atomic E-state index is 0.0869. The van der Waals surface area contributed by atoms with Crippen molar-refractivity contribution in [2.24, 2.45) is 5.92 Å². The van der Waals surface area contributed by atoms with Crippen molar-refractivity contribution in [2.45, 2.75) is 45.1 Å². The van der Waals surface area contributed by atoms with E-state index >= 15 is 0 Å². The van der Waals surface area contributed by atoms with E-state index in [0.717, 1.165) is 25.8 Å². The molecule has 3 rings (SSSR count). The Morgan fingerprint density at radius 2 is 2.17 bits per heavy atom. The highest BCUT2D eigenvalue weighted by Gasteiger charge is 2.39. The van der Waals surface area contributed by atoms with Gasteiger partial charge in [0.15, 0.2) is 0 Å². The van der Waals surface area contributed by atoms with Gasteiger partial charge < -0.3 is 9.80 Å². The number of hydrogen-bond acceptors (Lipinski definition) is 2. The molecule has 2 atom stereocenters. The van der Waals surface area contributed by atoms with E-state index in [1.54, 1.807) is 12.1 Å². The van der Waals surface area contributed by atoms with Crippen LogP contribution in [0.2, 0.25) is 0 Å². The van der Waals surface area contributed by atoms with Crippen LogP contribution in [0.25, 0.3) is 0 Å². The number of likely N-dealkylation sites (tertiary alicyclic amines) is 1. The van der Waals surface area contributed by atoms with Gasteiger partial charge in [0.2, 0.25) is 11.8 Å². The van der Waals surface area contributed by atoms with Crippen LogP contribution in [0.15, 0.2) is 24.3 Å². The number of hydrogen-bond donors (Lipinski definition) is 0. The SMILES string of the molecule is CCC1CCCCN1C(=O)C1CC(=O)N(c2cccc(F)c2)C1. The molecule has 23 heavy (non-hydrogen) atoms. The summed E-state index contributed by atoms with van der Waals surface area (Å²) in [7, 11) is 0.